The second kappa shape index (κ2) is 5.42. The van der Waals surface area contributed by atoms with E-state index in [2.05, 4.69) is 0 Å². The highest BCUT2D eigenvalue weighted by Crippen LogP contribution is 1.99. The first kappa shape index (κ1) is 8.28. The van der Waals surface area contributed by atoms with E-state index in [-0.39, 0.29) is 5.56 Å². The van der Waals surface area contributed by atoms with Crippen molar-refractivity contribution in [2.24, 2.45) is 0 Å². The lowest BCUT2D eigenvalue weighted by atomic mass is 10.7. The minimum atomic E-state index is -0.377. The van der Waals surface area contributed by atoms with Gasteiger partial charge in [-0.3, -0.25) is 0 Å². The summed E-state index contributed by atoms with van der Waals surface area (Å²) in [7, 11) is 0. The van der Waals surface area contributed by atoms with Gasteiger partial charge < -0.3 is 4.74 Å². The highest BCUT2D eigenvalue weighted by atomic mass is 35.5. The first-order valence-electron chi connectivity index (χ1n) is 2.33. The van der Waals surface area contributed by atoms with Gasteiger partial charge in [0.2, 0.25) is 0 Å². The van der Waals surface area contributed by atoms with E-state index < -0.39 is 0 Å². The van der Waals surface area contributed by atoms with E-state index in [0.29, 0.717) is 6.61 Å². The van der Waals surface area contributed by atoms with Gasteiger partial charge in [0.1, 0.15) is 0 Å². The molecular formula is C5H8Cl2O. The molecule has 0 aliphatic heterocycles. The van der Waals surface area contributed by atoms with E-state index in [1.807, 2.05) is 6.92 Å². The first-order chi connectivity index (χ1) is 3.81. The molecule has 0 spiro atoms. The van der Waals surface area contributed by atoms with Crippen molar-refractivity contribution < 1.29 is 4.74 Å². The molecule has 0 radical (unpaired) electrons. The Hall–Kier alpha value is 0.280. The molecule has 0 rings (SSSR count). The molecule has 0 fully saturated rings. The zero-order chi connectivity index (χ0) is 6.41. The Labute approximate surface area is 59.2 Å². The predicted octanol–water partition coefficient (Wildman–Crippen LogP) is 2.34. The topological polar surface area (TPSA) is 9.23 Å². The Bertz CT molecular complexity index is 72.8. The molecule has 0 bridgehead atoms. The normalized spacial score (nSPS) is 14.9. The molecule has 0 heterocycles. The van der Waals surface area contributed by atoms with Crippen molar-refractivity contribution in [2.75, 3.05) is 6.61 Å². The highest BCUT2D eigenvalue weighted by molar-refractivity contribution is 6.26. The van der Waals surface area contributed by atoms with E-state index in [9.17, 15) is 0 Å². The Balaban J connectivity index is 3.17. The maximum atomic E-state index is 5.49. The molecule has 0 amide bonds. The van der Waals surface area contributed by atoms with Gasteiger partial charge in [-0.2, -0.15) is 0 Å². The van der Waals surface area contributed by atoms with Crippen molar-refractivity contribution in [3.63, 3.8) is 0 Å². The van der Waals surface area contributed by atoms with Gasteiger partial charge in [-0.1, -0.05) is 23.2 Å². The fourth-order valence-corrected chi connectivity index (χ4v) is 0.677. The molecule has 48 valence electrons. The molecule has 0 aromatic heterocycles. The van der Waals surface area contributed by atoms with Crippen LogP contribution >= 0.6 is 23.2 Å². The number of ether oxygens (including phenoxy) is 1. The SMILES string of the molecule is CCOC(Cl)/C=C/Cl. The van der Waals surface area contributed by atoms with Crippen LogP contribution in [-0.4, -0.2) is 12.2 Å². The summed E-state index contributed by atoms with van der Waals surface area (Å²) in [5, 5.41) is 0. The lowest BCUT2D eigenvalue weighted by molar-refractivity contribution is 0.149. The summed E-state index contributed by atoms with van der Waals surface area (Å²) >= 11 is 10.7. The van der Waals surface area contributed by atoms with Gasteiger partial charge in [0.05, 0.1) is 0 Å². The molecule has 0 saturated carbocycles. The minimum absolute atomic E-state index is 0.377. The van der Waals surface area contributed by atoms with Crippen LogP contribution < -0.4 is 0 Å². The molecule has 1 nitrogen and oxygen atoms in total. The zero-order valence-electron chi connectivity index (χ0n) is 4.60. The van der Waals surface area contributed by atoms with Gasteiger partial charge >= 0.3 is 0 Å². The van der Waals surface area contributed by atoms with Crippen LogP contribution in [-0.2, 0) is 4.74 Å². The van der Waals surface area contributed by atoms with Gasteiger partial charge in [-0.15, -0.1) is 0 Å². The summed E-state index contributed by atoms with van der Waals surface area (Å²) in [6, 6.07) is 0. The number of rotatable bonds is 3. The summed E-state index contributed by atoms with van der Waals surface area (Å²) in [4.78, 5) is 0. The zero-order valence-corrected chi connectivity index (χ0v) is 6.12. The average molecular weight is 155 g/mol. The largest absolute Gasteiger partial charge is 0.359 e. The number of hydrogen-bond acceptors (Lipinski definition) is 1. The molecular weight excluding hydrogens is 147 g/mol. The van der Waals surface area contributed by atoms with E-state index in [1.165, 1.54) is 5.54 Å². The van der Waals surface area contributed by atoms with Crippen molar-refractivity contribution in [2.45, 2.75) is 12.5 Å². The molecule has 1 unspecified atom stereocenters. The van der Waals surface area contributed by atoms with Gasteiger partial charge in [0.25, 0.3) is 0 Å². The van der Waals surface area contributed by atoms with E-state index >= 15 is 0 Å². The fraction of sp³-hybridized carbons (Fsp3) is 0.600. The van der Waals surface area contributed by atoms with Gasteiger partial charge in [-0.25, -0.2) is 0 Å². The van der Waals surface area contributed by atoms with E-state index in [0.717, 1.165) is 0 Å². The molecule has 1 atom stereocenters. The smallest absolute Gasteiger partial charge is 0.150 e. The second-order valence-electron chi connectivity index (χ2n) is 1.12. The number of alkyl halides is 1. The number of halogens is 2. The summed E-state index contributed by atoms with van der Waals surface area (Å²) < 4.78 is 4.88. The lowest BCUT2D eigenvalue weighted by Gasteiger charge is -2.00. The molecule has 8 heavy (non-hydrogen) atoms. The monoisotopic (exact) mass is 154 g/mol. The maximum absolute atomic E-state index is 5.49. The Morgan fingerprint density at radius 1 is 1.75 bits per heavy atom. The maximum Gasteiger partial charge on any atom is 0.150 e. The van der Waals surface area contributed by atoms with Crippen molar-refractivity contribution in [3.05, 3.63) is 11.6 Å². The highest BCUT2D eigenvalue weighted by Gasteiger charge is 1.92. The quantitative estimate of drug-likeness (QED) is 0.568. The standard InChI is InChI=1S/C5H8Cl2O/c1-2-8-5(7)3-4-6/h3-5H,2H2,1H3/b4-3+. The van der Waals surface area contributed by atoms with Crippen molar-refractivity contribution in [1.82, 2.24) is 0 Å². The fourth-order valence-electron chi connectivity index (χ4n) is 0.272. The van der Waals surface area contributed by atoms with Gasteiger partial charge in [-0.05, 0) is 13.0 Å². The van der Waals surface area contributed by atoms with Gasteiger partial charge in [0, 0.05) is 12.1 Å². The summed E-state index contributed by atoms with van der Waals surface area (Å²) in [6.45, 7) is 2.48. The van der Waals surface area contributed by atoms with E-state index in [4.69, 9.17) is 27.9 Å². The van der Waals surface area contributed by atoms with Crippen molar-refractivity contribution in [3.8, 4) is 0 Å². The van der Waals surface area contributed by atoms with Crippen LogP contribution in [0.2, 0.25) is 0 Å². The third-order valence-corrected chi connectivity index (χ3v) is 0.967. The van der Waals surface area contributed by atoms with E-state index in [1.54, 1.807) is 6.08 Å². The third kappa shape index (κ3) is 4.44. The molecule has 0 aromatic carbocycles. The lowest BCUT2D eigenvalue weighted by Crippen LogP contribution is -1.98. The molecule has 3 heteroatoms. The Morgan fingerprint density at radius 2 is 2.38 bits per heavy atom. The number of hydrogen-bond donors (Lipinski definition) is 0. The van der Waals surface area contributed by atoms with Crippen LogP contribution in [0.4, 0.5) is 0 Å². The Morgan fingerprint density at radius 3 is 2.75 bits per heavy atom. The van der Waals surface area contributed by atoms with Crippen LogP contribution in [0.5, 0.6) is 0 Å². The van der Waals surface area contributed by atoms with Crippen LogP contribution in [0, 0.1) is 0 Å². The molecule has 0 saturated heterocycles. The van der Waals surface area contributed by atoms with Gasteiger partial charge in [0.15, 0.2) is 5.56 Å². The summed E-state index contributed by atoms with van der Waals surface area (Å²) in [6.07, 6.45) is 1.56. The average Bonchev–Trinajstić information content (AvgIpc) is 1.68. The second-order valence-corrected chi connectivity index (χ2v) is 1.81. The summed E-state index contributed by atoms with van der Waals surface area (Å²) in [5.74, 6) is 0. The van der Waals surface area contributed by atoms with Crippen molar-refractivity contribution >= 4 is 23.2 Å². The molecule has 0 aliphatic carbocycles. The van der Waals surface area contributed by atoms with Crippen LogP contribution in [0.3, 0.4) is 0 Å². The van der Waals surface area contributed by atoms with Crippen LogP contribution in [0.1, 0.15) is 6.92 Å². The molecule has 0 aliphatic rings. The third-order valence-electron chi connectivity index (χ3n) is 0.550. The first-order valence-corrected chi connectivity index (χ1v) is 3.21. The molecule has 0 N–H and O–H groups in total. The Kier molecular flexibility index (Phi) is 5.61. The van der Waals surface area contributed by atoms with Crippen LogP contribution in [0.15, 0.2) is 11.6 Å². The van der Waals surface area contributed by atoms with Crippen molar-refractivity contribution in [1.29, 1.82) is 0 Å². The molecule has 0 aromatic rings. The predicted molar refractivity (Wildman–Crippen MR) is 36.3 cm³/mol. The summed E-state index contributed by atoms with van der Waals surface area (Å²) in [5.41, 5.74) is 0.963. The van der Waals surface area contributed by atoms with Crippen LogP contribution in [0.25, 0.3) is 0 Å². The minimum Gasteiger partial charge on any atom is -0.359 e.